The highest BCUT2D eigenvalue weighted by Crippen LogP contribution is 2.49. The fraction of sp³-hybridized carbons (Fsp3) is 0.276. The number of rotatable bonds is 7. The minimum absolute atomic E-state index is 0.114. The summed E-state index contributed by atoms with van der Waals surface area (Å²) in [6.07, 6.45) is 0. The summed E-state index contributed by atoms with van der Waals surface area (Å²) < 4.78 is 15.7. The molecule has 9 heteroatoms. The number of nitrogens with one attached hydrogen (secondary N) is 1. The van der Waals surface area contributed by atoms with Crippen LogP contribution in [-0.2, 0) is 9.59 Å². The molecule has 2 aromatic carbocycles. The number of thiophene rings is 1. The zero-order valence-electron chi connectivity index (χ0n) is 21.5. The van der Waals surface area contributed by atoms with Crippen LogP contribution in [0.3, 0.4) is 0 Å². The monoisotopic (exact) mass is 548 g/mol. The van der Waals surface area contributed by atoms with Gasteiger partial charge in [0.05, 0.1) is 21.6 Å². The smallest absolute Gasteiger partial charge is 0.240 e. The third-order valence-electron chi connectivity index (χ3n) is 6.37. The van der Waals surface area contributed by atoms with Crippen molar-refractivity contribution in [3.63, 3.8) is 0 Å². The normalized spacial score (nSPS) is 15.4. The lowest BCUT2D eigenvalue weighted by Crippen LogP contribution is -2.43. The average Bonchev–Trinajstić information content (AvgIpc) is 3.53. The van der Waals surface area contributed by atoms with E-state index in [1.54, 1.807) is 33.1 Å². The first-order chi connectivity index (χ1) is 18.3. The van der Waals surface area contributed by atoms with Gasteiger partial charge in [-0.3, -0.25) is 14.5 Å². The Bertz CT molecular complexity index is 1450. The van der Waals surface area contributed by atoms with E-state index in [-0.39, 0.29) is 41.1 Å². The van der Waals surface area contributed by atoms with E-state index in [0.29, 0.717) is 12.4 Å². The molecule has 0 spiro atoms. The molecule has 1 aliphatic heterocycles. The quantitative estimate of drug-likeness (QED) is 0.308. The number of benzene rings is 2. The average molecular weight is 549 g/mol. The Morgan fingerprint density at radius 3 is 2.58 bits per heavy atom. The summed E-state index contributed by atoms with van der Waals surface area (Å²) >= 11 is 3.04. The molecule has 0 fully saturated rings. The number of thioether (sulfide) groups is 1. The SMILES string of the molecule is Cc1ccccc1-n1nc(-c2cccs2)c2c1N(CC(=O)NCC(C)C)C(=O)CSC2c1ccc(F)cc1. The minimum atomic E-state index is -0.318. The fourth-order valence-electron chi connectivity index (χ4n) is 4.50. The third kappa shape index (κ3) is 5.26. The number of para-hydroxylation sites is 1. The van der Waals surface area contributed by atoms with Gasteiger partial charge >= 0.3 is 0 Å². The van der Waals surface area contributed by atoms with Crippen molar-refractivity contribution < 1.29 is 14.0 Å². The van der Waals surface area contributed by atoms with Crippen molar-refractivity contribution in [2.75, 3.05) is 23.7 Å². The number of anilines is 1. The van der Waals surface area contributed by atoms with Gasteiger partial charge in [0.15, 0.2) is 0 Å². The van der Waals surface area contributed by atoms with Gasteiger partial charge in [0.25, 0.3) is 0 Å². The molecule has 196 valence electrons. The van der Waals surface area contributed by atoms with Gasteiger partial charge in [-0.25, -0.2) is 9.07 Å². The third-order valence-corrected chi connectivity index (χ3v) is 8.50. The highest BCUT2D eigenvalue weighted by Gasteiger charge is 2.38. The van der Waals surface area contributed by atoms with Gasteiger partial charge in [0.1, 0.15) is 23.9 Å². The Labute approximate surface area is 229 Å². The molecular formula is C29H29FN4O2S2. The zero-order chi connectivity index (χ0) is 26.8. The van der Waals surface area contributed by atoms with E-state index in [1.165, 1.54) is 23.9 Å². The second kappa shape index (κ2) is 11.1. The minimum Gasteiger partial charge on any atom is -0.354 e. The van der Waals surface area contributed by atoms with Gasteiger partial charge in [-0.15, -0.1) is 23.1 Å². The molecule has 4 aromatic rings. The van der Waals surface area contributed by atoms with Crippen molar-refractivity contribution in [3.05, 3.63) is 88.6 Å². The van der Waals surface area contributed by atoms with Crippen molar-refractivity contribution in [1.29, 1.82) is 0 Å². The van der Waals surface area contributed by atoms with Crippen molar-refractivity contribution in [2.24, 2.45) is 5.92 Å². The summed E-state index contributed by atoms with van der Waals surface area (Å²) in [5, 5.41) is 9.74. The molecular weight excluding hydrogens is 519 g/mol. The molecule has 0 saturated heterocycles. The molecule has 0 aliphatic carbocycles. The predicted molar refractivity (Wildman–Crippen MR) is 153 cm³/mol. The van der Waals surface area contributed by atoms with Gasteiger partial charge < -0.3 is 5.32 Å². The second-order valence-corrected chi connectivity index (χ2v) is 11.7. The number of halogens is 1. The van der Waals surface area contributed by atoms with Crippen molar-refractivity contribution in [2.45, 2.75) is 26.0 Å². The highest BCUT2D eigenvalue weighted by molar-refractivity contribution is 8.00. The molecule has 0 saturated carbocycles. The molecule has 2 amide bonds. The maximum atomic E-state index is 13.9. The van der Waals surface area contributed by atoms with Gasteiger partial charge in [0, 0.05) is 12.1 Å². The van der Waals surface area contributed by atoms with Crippen LogP contribution in [0.25, 0.3) is 16.3 Å². The maximum Gasteiger partial charge on any atom is 0.240 e. The van der Waals surface area contributed by atoms with Crippen LogP contribution in [-0.4, -0.2) is 40.4 Å². The second-order valence-electron chi connectivity index (χ2n) is 9.68. The lowest BCUT2D eigenvalue weighted by molar-refractivity contribution is -0.123. The number of carbonyl (C=O) groups is 2. The molecule has 38 heavy (non-hydrogen) atoms. The van der Waals surface area contributed by atoms with Crippen LogP contribution < -0.4 is 10.2 Å². The van der Waals surface area contributed by atoms with Gasteiger partial charge in [-0.05, 0) is 53.6 Å². The first-order valence-electron chi connectivity index (χ1n) is 12.5. The van der Waals surface area contributed by atoms with Crippen molar-refractivity contribution >= 4 is 40.7 Å². The van der Waals surface area contributed by atoms with E-state index < -0.39 is 0 Å². The Morgan fingerprint density at radius 2 is 1.89 bits per heavy atom. The summed E-state index contributed by atoms with van der Waals surface area (Å²) in [6, 6.07) is 18.2. The summed E-state index contributed by atoms with van der Waals surface area (Å²) in [5.41, 5.74) is 4.29. The number of aryl methyl sites for hydroxylation is 1. The van der Waals surface area contributed by atoms with Crippen molar-refractivity contribution in [1.82, 2.24) is 15.1 Å². The fourth-order valence-corrected chi connectivity index (χ4v) is 6.42. The van der Waals surface area contributed by atoms with E-state index in [1.807, 2.05) is 62.5 Å². The Balaban J connectivity index is 1.75. The van der Waals surface area contributed by atoms with Crippen LogP contribution in [0, 0.1) is 18.7 Å². The summed E-state index contributed by atoms with van der Waals surface area (Å²) in [4.78, 5) is 29.2. The summed E-state index contributed by atoms with van der Waals surface area (Å²) in [5.74, 6) is 0.321. The zero-order valence-corrected chi connectivity index (χ0v) is 23.1. The van der Waals surface area contributed by atoms with E-state index >= 15 is 0 Å². The number of hydrogen-bond acceptors (Lipinski definition) is 5. The highest BCUT2D eigenvalue weighted by atomic mass is 32.2. The van der Waals surface area contributed by atoms with Crippen LogP contribution >= 0.6 is 23.1 Å². The molecule has 6 nitrogen and oxygen atoms in total. The lowest BCUT2D eigenvalue weighted by Gasteiger charge is -2.24. The molecule has 1 unspecified atom stereocenters. The Hall–Kier alpha value is -3.43. The molecule has 5 rings (SSSR count). The van der Waals surface area contributed by atoms with Crippen LogP contribution in [0.2, 0.25) is 0 Å². The molecule has 2 aromatic heterocycles. The van der Waals surface area contributed by atoms with Crippen LogP contribution in [0.5, 0.6) is 0 Å². The lowest BCUT2D eigenvalue weighted by atomic mass is 10.0. The maximum absolute atomic E-state index is 13.9. The molecule has 0 radical (unpaired) electrons. The molecule has 1 aliphatic rings. The van der Waals surface area contributed by atoms with Crippen molar-refractivity contribution in [3.8, 4) is 16.3 Å². The molecule has 1 N–H and O–H groups in total. The summed E-state index contributed by atoms with van der Waals surface area (Å²) in [7, 11) is 0. The van der Waals surface area contributed by atoms with E-state index in [4.69, 9.17) is 5.10 Å². The number of aromatic nitrogens is 2. The topological polar surface area (TPSA) is 67.2 Å². The van der Waals surface area contributed by atoms with Gasteiger partial charge in [-0.1, -0.05) is 50.2 Å². The number of fused-ring (bicyclic) bond motifs is 1. The Morgan fingerprint density at radius 1 is 1.13 bits per heavy atom. The van der Waals surface area contributed by atoms with Crippen LogP contribution in [0.4, 0.5) is 10.2 Å². The largest absolute Gasteiger partial charge is 0.354 e. The molecule has 0 bridgehead atoms. The molecule has 1 atom stereocenters. The van der Waals surface area contributed by atoms with E-state index in [0.717, 1.165) is 32.9 Å². The van der Waals surface area contributed by atoms with E-state index in [2.05, 4.69) is 5.32 Å². The van der Waals surface area contributed by atoms with Crippen LogP contribution in [0.15, 0.2) is 66.0 Å². The first kappa shape index (κ1) is 26.2. The Kier molecular flexibility index (Phi) is 7.67. The molecule has 3 heterocycles. The standard InChI is InChI=1S/C29H29FN4O2S2/c1-18(2)15-31-24(35)16-33-25(36)17-38-28(20-10-12-21(30)13-11-20)26-27(23-9-6-14-37-23)32-34(29(26)33)22-8-5-4-7-19(22)3/h4-14,18,28H,15-17H2,1-3H3,(H,31,35). The summed E-state index contributed by atoms with van der Waals surface area (Å²) in [6.45, 7) is 6.47. The predicted octanol–water partition coefficient (Wildman–Crippen LogP) is 5.99. The van der Waals surface area contributed by atoms with Gasteiger partial charge in [0.2, 0.25) is 11.8 Å². The number of amides is 2. The number of hydrogen-bond donors (Lipinski definition) is 1. The van der Waals surface area contributed by atoms with Crippen LogP contribution in [0.1, 0.15) is 35.8 Å². The van der Waals surface area contributed by atoms with E-state index in [9.17, 15) is 14.0 Å². The number of carbonyl (C=O) groups excluding carboxylic acids is 2. The van der Waals surface area contributed by atoms with Gasteiger partial charge in [-0.2, -0.15) is 5.10 Å². The first-order valence-corrected chi connectivity index (χ1v) is 14.4. The number of nitrogens with zero attached hydrogens (tertiary/aromatic N) is 3.